The van der Waals surface area contributed by atoms with Gasteiger partial charge < -0.3 is 19.7 Å². The van der Waals surface area contributed by atoms with E-state index in [0.29, 0.717) is 22.4 Å². The van der Waals surface area contributed by atoms with Crippen LogP contribution in [0.5, 0.6) is 5.75 Å². The van der Waals surface area contributed by atoms with Gasteiger partial charge in [-0.05, 0) is 48.5 Å². The third-order valence-electron chi connectivity index (χ3n) is 4.75. The van der Waals surface area contributed by atoms with Crippen molar-refractivity contribution in [2.75, 3.05) is 13.2 Å². The zero-order chi connectivity index (χ0) is 21.8. The van der Waals surface area contributed by atoms with Crippen LogP contribution in [0, 0.1) is 17.5 Å². The molecule has 0 amide bonds. The van der Waals surface area contributed by atoms with Gasteiger partial charge in [0.2, 0.25) is 0 Å². The first-order valence-corrected chi connectivity index (χ1v) is 9.61. The van der Waals surface area contributed by atoms with E-state index in [9.17, 15) is 18.3 Å². The van der Waals surface area contributed by atoms with Crippen molar-refractivity contribution in [3.8, 4) is 17.0 Å². The van der Waals surface area contributed by atoms with Crippen LogP contribution in [-0.4, -0.2) is 29.5 Å². The maximum absolute atomic E-state index is 13.6. The maximum Gasteiger partial charge on any atom is 0.170 e. The third-order valence-corrected chi connectivity index (χ3v) is 4.75. The summed E-state index contributed by atoms with van der Waals surface area (Å²) in [6.07, 6.45) is -0.871. The number of halogens is 3. The quantitative estimate of drug-likeness (QED) is 0.434. The van der Waals surface area contributed by atoms with Gasteiger partial charge in [-0.3, -0.25) is 0 Å². The van der Waals surface area contributed by atoms with Crippen LogP contribution >= 0.6 is 0 Å². The molecule has 0 saturated heterocycles. The Balaban J connectivity index is 1.30. The van der Waals surface area contributed by atoms with Crippen molar-refractivity contribution in [1.29, 1.82) is 0 Å². The number of benzene rings is 3. The van der Waals surface area contributed by atoms with Crippen LogP contribution in [0.3, 0.4) is 0 Å². The second-order valence-electron chi connectivity index (χ2n) is 6.99. The molecule has 1 atom stereocenters. The highest BCUT2D eigenvalue weighted by molar-refractivity contribution is 5.91. The number of hydrogen-bond donors (Lipinski definition) is 2. The molecule has 0 saturated carbocycles. The zero-order valence-corrected chi connectivity index (χ0v) is 16.3. The number of ether oxygens (including phenoxy) is 1. The maximum atomic E-state index is 13.6. The van der Waals surface area contributed by atoms with Crippen LogP contribution in [0.15, 0.2) is 65.2 Å². The minimum atomic E-state index is -0.871. The summed E-state index contributed by atoms with van der Waals surface area (Å²) < 4.78 is 51.2. The molecule has 3 aromatic carbocycles. The van der Waals surface area contributed by atoms with Crippen LogP contribution in [0.4, 0.5) is 13.2 Å². The smallest absolute Gasteiger partial charge is 0.170 e. The molecule has 4 aromatic rings. The first kappa shape index (κ1) is 20.9. The number of hydrogen-bond acceptors (Lipinski definition) is 5. The van der Waals surface area contributed by atoms with Crippen molar-refractivity contribution in [1.82, 2.24) is 10.5 Å². The Morgan fingerprint density at radius 3 is 2.48 bits per heavy atom. The third kappa shape index (κ3) is 4.87. The molecule has 0 bridgehead atoms. The summed E-state index contributed by atoms with van der Waals surface area (Å²) in [4.78, 5) is 0. The van der Waals surface area contributed by atoms with Gasteiger partial charge in [0.1, 0.15) is 41.6 Å². The first-order chi connectivity index (χ1) is 15.0. The van der Waals surface area contributed by atoms with Crippen molar-refractivity contribution in [2.24, 2.45) is 0 Å². The summed E-state index contributed by atoms with van der Waals surface area (Å²) in [6.45, 7) is 0.0609. The lowest BCUT2D eigenvalue weighted by Crippen LogP contribution is -2.31. The van der Waals surface area contributed by atoms with E-state index in [-0.39, 0.29) is 25.3 Å². The molecule has 0 aliphatic heterocycles. The molecule has 0 radical (unpaired) electrons. The number of aliphatic hydroxyl groups excluding tert-OH is 1. The molecule has 4 rings (SSSR count). The summed E-state index contributed by atoms with van der Waals surface area (Å²) in [5.74, 6) is -1.14. The Hall–Kier alpha value is -3.36. The molecular formula is C23H19F3N2O3. The molecule has 0 aliphatic carbocycles. The van der Waals surface area contributed by atoms with Crippen LogP contribution in [0.1, 0.15) is 5.56 Å². The molecule has 2 N–H and O–H groups in total. The Morgan fingerprint density at radius 2 is 1.74 bits per heavy atom. The van der Waals surface area contributed by atoms with E-state index in [4.69, 9.17) is 9.26 Å². The van der Waals surface area contributed by atoms with E-state index in [0.717, 1.165) is 5.56 Å². The molecule has 0 aliphatic rings. The van der Waals surface area contributed by atoms with E-state index in [1.165, 1.54) is 30.3 Å². The fourth-order valence-corrected chi connectivity index (χ4v) is 3.14. The lowest BCUT2D eigenvalue weighted by Gasteiger charge is -2.14. The number of nitrogens with zero attached hydrogens (tertiary/aromatic N) is 1. The minimum Gasteiger partial charge on any atom is -0.491 e. The van der Waals surface area contributed by atoms with Gasteiger partial charge in [0.15, 0.2) is 5.58 Å². The van der Waals surface area contributed by atoms with Crippen molar-refractivity contribution >= 4 is 11.0 Å². The molecule has 31 heavy (non-hydrogen) atoms. The Labute approximate surface area is 176 Å². The summed E-state index contributed by atoms with van der Waals surface area (Å²) in [6, 6.07) is 14.9. The predicted octanol–water partition coefficient (Wildman–Crippen LogP) is 4.44. The number of rotatable bonds is 8. The fourth-order valence-electron chi connectivity index (χ4n) is 3.14. The average molecular weight is 428 g/mol. The van der Waals surface area contributed by atoms with E-state index >= 15 is 0 Å². The Morgan fingerprint density at radius 1 is 1.00 bits per heavy atom. The lowest BCUT2D eigenvalue weighted by molar-refractivity contribution is 0.106. The Bertz CT molecular complexity index is 1160. The number of fused-ring (bicyclic) bond motifs is 1. The van der Waals surface area contributed by atoms with E-state index in [1.807, 2.05) is 0 Å². The standard InChI is InChI=1S/C23H19F3N2O3/c24-15-6-9-18-22(10-15)31-28-23(18)14-4-7-17(8-5-14)30-13-16(29)11-27-12-19-20(25)2-1-3-21(19)26/h1-10,16,27,29H,11-13H2. The largest absolute Gasteiger partial charge is 0.491 e. The predicted molar refractivity (Wildman–Crippen MR) is 109 cm³/mol. The van der Waals surface area contributed by atoms with Gasteiger partial charge in [-0.2, -0.15) is 0 Å². The van der Waals surface area contributed by atoms with Crippen LogP contribution in [-0.2, 0) is 6.54 Å². The lowest BCUT2D eigenvalue weighted by atomic mass is 10.1. The second-order valence-corrected chi connectivity index (χ2v) is 6.99. The monoisotopic (exact) mass is 428 g/mol. The van der Waals surface area contributed by atoms with E-state index in [2.05, 4.69) is 10.5 Å². The average Bonchev–Trinajstić information content (AvgIpc) is 3.17. The molecular weight excluding hydrogens is 409 g/mol. The van der Waals surface area contributed by atoms with Crippen molar-refractivity contribution in [3.63, 3.8) is 0 Å². The van der Waals surface area contributed by atoms with Gasteiger partial charge in [-0.15, -0.1) is 0 Å². The molecule has 1 heterocycles. The summed E-state index contributed by atoms with van der Waals surface area (Å²) in [7, 11) is 0. The molecule has 1 aromatic heterocycles. The molecule has 160 valence electrons. The molecule has 5 nitrogen and oxygen atoms in total. The van der Waals surface area contributed by atoms with Crippen LogP contribution in [0.25, 0.3) is 22.2 Å². The van der Waals surface area contributed by atoms with Gasteiger partial charge >= 0.3 is 0 Å². The molecule has 0 spiro atoms. The summed E-state index contributed by atoms with van der Waals surface area (Å²) in [5, 5.41) is 17.6. The minimum absolute atomic E-state index is 0.00172. The Kier molecular flexibility index (Phi) is 6.20. The zero-order valence-electron chi connectivity index (χ0n) is 16.3. The van der Waals surface area contributed by atoms with Crippen molar-refractivity contribution < 1.29 is 27.5 Å². The first-order valence-electron chi connectivity index (χ1n) is 9.61. The number of aromatic nitrogens is 1. The van der Waals surface area contributed by atoms with E-state index < -0.39 is 23.6 Å². The van der Waals surface area contributed by atoms with Crippen LogP contribution < -0.4 is 10.1 Å². The molecule has 1 unspecified atom stereocenters. The fraction of sp³-hybridized carbons (Fsp3) is 0.174. The summed E-state index contributed by atoms with van der Waals surface area (Å²) >= 11 is 0. The molecule has 0 fully saturated rings. The number of nitrogens with one attached hydrogen (secondary N) is 1. The topological polar surface area (TPSA) is 67.5 Å². The van der Waals surface area contributed by atoms with Gasteiger partial charge in [-0.25, -0.2) is 13.2 Å². The van der Waals surface area contributed by atoms with Gasteiger partial charge in [0, 0.05) is 35.7 Å². The second kappa shape index (κ2) is 9.20. The SMILES string of the molecule is OC(CNCc1c(F)cccc1F)COc1ccc(-c2noc3cc(F)ccc23)cc1. The highest BCUT2D eigenvalue weighted by Crippen LogP contribution is 2.29. The number of aliphatic hydroxyl groups is 1. The molecule has 8 heteroatoms. The van der Waals surface area contributed by atoms with Crippen molar-refractivity contribution in [3.05, 3.63) is 83.7 Å². The highest BCUT2D eigenvalue weighted by atomic mass is 19.1. The highest BCUT2D eigenvalue weighted by Gasteiger charge is 2.12. The van der Waals surface area contributed by atoms with Gasteiger partial charge in [-0.1, -0.05) is 11.2 Å². The van der Waals surface area contributed by atoms with Gasteiger partial charge in [0.25, 0.3) is 0 Å². The van der Waals surface area contributed by atoms with E-state index in [1.54, 1.807) is 30.3 Å². The van der Waals surface area contributed by atoms with Crippen molar-refractivity contribution in [2.45, 2.75) is 12.6 Å². The normalized spacial score (nSPS) is 12.3. The van der Waals surface area contributed by atoms with Gasteiger partial charge in [0.05, 0.1) is 0 Å². The van der Waals surface area contributed by atoms with Crippen LogP contribution in [0.2, 0.25) is 0 Å². The summed E-state index contributed by atoms with van der Waals surface area (Å²) in [5.41, 5.74) is 1.65.